The average Bonchev–Trinajstić information content (AvgIpc) is 2.84. The van der Waals surface area contributed by atoms with Crippen LogP contribution in [0.4, 0.5) is 0 Å². The third kappa shape index (κ3) is 4.65. The number of allylic oxidation sites excluding steroid dienone is 1. The molecule has 33 heavy (non-hydrogen) atoms. The van der Waals surface area contributed by atoms with Gasteiger partial charge >= 0.3 is 0 Å². The Bertz CT molecular complexity index is 1170. The Kier molecular flexibility index (Phi) is 6.82. The Morgan fingerprint density at radius 3 is 2.82 bits per heavy atom. The number of piperidine rings is 1. The highest BCUT2D eigenvalue weighted by atomic mass is 16.5. The molecule has 1 aliphatic heterocycles. The number of aryl methyl sites for hydroxylation is 2. The lowest BCUT2D eigenvalue weighted by Crippen LogP contribution is -2.39. The van der Waals surface area contributed by atoms with E-state index in [1.165, 1.54) is 0 Å². The molecule has 1 aromatic carbocycles. The number of carbonyl (C=O) groups is 1. The average molecular weight is 443 g/mol. The maximum absolute atomic E-state index is 13.7. The largest absolute Gasteiger partial charge is 0.496 e. The number of nitrogens with zero attached hydrogens (tertiary/aromatic N) is 4. The fourth-order valence-electron chi connectivity index (χ4n) is 4.58. The number of methoxy groups -OCH3 is 1. The van der Waals surface area contributed by atoms with Gasteiger partial charge in [0.2, 0.25) is 0 Å². The topological polar surface area (TPSA) is 68.2 Å². The second-order valence-electron chi connectivity index (χ2n) is 8.44. The van der Waals surface area contributed by atoms with Crippen LogP contribution in [0.3, 0.4) is 0 Å². The molecule has 0 bridgehead atoms. The molecule has 2 aromatic heterocycles. The molecule has 3 aromatic rings. The quantitative estimate of drug-likeness (QED) is 0.487. The highest BCUT2D eigenvalue weighted by Crippen LogP contribution is 2.37. The smallest absolute Gasteiger partial charge is 0.254 e. The van der Waals surface area contributed by atoms with E-state index in [1.54, 1.807) is 13.3 Å². The van der Waals surface area contributed by atoms with Crippen molar-refractivity contribution >= 4 is 5.91 Å². The Labute approximate surface area is 195 Å². The molecule has 3 heterocycles. The Morgan fingerprint density at radius 2 is 2.06 bits per heavy atom. The van der Waals surface area contributed by atoms with E-state index in [2.05, 4.69) is 16.5 Å². The van der Waals surface area contributed by atoms with Crippen molar-refractivity contribution in [2.75, 3.05) is 13.7 Å². The maximum Gasteiger partial charge on any atom is 0.254 e. The van der Waals surface area contributed by atoms with Crippen LogP contribution in [0.2, 0.25) is 0 Å². The van der Waals surface area contributed by atoms with E-state index in [-0.39, 0.29) is 11.9 Å². The van der Waals surface area contributed by atoms with Gasteiger partial charge in [-0.3, -0.25) is 9.78 Å². The molecule has 0 spiro atoms. The second-order valence-corrected chi connectivity index (χ2v) is 8.44. The number of hydrogen-bond donors (Lipinski definition) is 0. The summed E-state index contributed by atoms with van der Waals surface area (Å²) in [5, 5.41) is 0. The molecule has 0 N–H and O–H groups in total. The third-order valence-electron chi connectivity index (χ3n) is 6.22. The van der Waals surface area contributed by atoms with Crippen LogP contribution in [-0.2, 0) is 6.42 Å². The first-order valence-corrected chi connectivity index (χ1v) is 11.4. The molecule has 1 saturated heterocycles. The lowest BCUT2D eigenvalue weighted by Gasteiger charge is -2.36. The SMILES string of the molecule is C=CCc1cc(C(=O)N2CCCC[C@@H]2c2nc(C)ncc2-c2ccncc2C)ccc1OC. The highest BCUT2D eigenvalue weighted by molar-refractivity contribution is 5.95. The second kappa shape index (κ2) is 9.94. The van der Waals surface area contributed by atoms with Crippen LogP contribution >= 0.6 is 0 Å². The summed E-state index contributed by atoms with van der Waals surface area (Å²) in [6.07, 6.45) is 10.9. The zero-order chi connectivity index (χ0) is 23.4. The van der Waals surface area contributed by atoms with Crippen LogP contribution < -0.4 is 4.74 Å². The Balaban J connectivity index is 1.76. The van der Waals surface area contributed by atoms with E-state index in [1.807, 2.05) is 61.5 Å². The van der Waals surface area contributed by atoms with Gasteiger partial charge in [-0.05, 0) is 80.5 Å². The van der Waals surface area contributed by atoms with Crippen LogP contribution in [0.1, 0.15) is 58.3 Å². The first-order chi connectivity index (χ1) is 16.0. The molecule has 1 aliphatic rings. The maximum atomic E-state index is 13.7. The number of benzene rings is 1. The van der Waals surface area contributed by atoms with Crippen molar-refractivity contribution in [2.45, 2.75) is 45.6 Å². The molecule has 1 fully saturated rings. The van der Waals surface area contributed by atoms with E-state index in [4.69, 9.17) is 9.72 Å². The van der Waals surface area contributed by atoms with Gasteiger partial charge in [0, 0.05) is 36.3 Å². The summed E-state index contributed by atoms with van der Waals surface area (Å²) < 4.78 is 5.46. The molecule has 0 aliphatic carbocycles. The monoisotopic (exact) mass is 442 g/mol. The summed E-state index contributed by atoms with van der Waals surface area (Å²) in [5.41, 5.74) is 5.60. The zero-order valence-corrected chi connectivity index (χ0v) is 19.5. The summed E-state index contributed by atoms with van der Waals surface area (Å²) in [4.78, 5) is 29.3. The molecule has 1 amide bonds. The number of hydrogen-bond acceptors (Lipinski definition) is 5. The fourth-order valence-corrected chi connectivity index (χ4v) is 4.58. The van der Waals surface area contributed by atoms with E-state index in [9.17, 15) is 4.79 Å². The highest BCUT2D eigenvalue weighted by Gasteiger charge is 2.32. The predicted molar refractivity (Wildman–Crippen MR) is 129 cm³/mol. The van der Waals surface area contributed by atoms with Crippen LogP contribution in [-0.4, -0.2) is 39.4 Å². The van der Waals surface area contributed by atoms with Gasteiger partial charge in [-0.15, -0.1) is 6.58 Å². The van der Waals surface area contributed by atoms with Crippen LogP contribution in [0.25, 0.3) is 11.1 Å². The molecule has 6 heteroatoms. The zero-order valence-electron chi connectivity index (χ0n) is 19.5. The van der Waals surface area contributed by atoms with E-state index in [0.29, 0.717) is 24.4 Å². The molecule has 0 radical (unpaired) electrons. The van der Waals surface area contributed by atoms with Gasteiger partial charge in [0.1, 0.15) is 11.6 Å². The number of rotatable bonds is 6. The molecule has 4 rings (SSSR count). The molecule has 1 atom stereocenters. The summed E-state index contributed by atoms with van der Waals surface area (Å²) >= 11 is 0. The van der Waals surface area contributed by atoms with Gasteiger partial charge in [0.25, 0.3) is 5.91 Å². The van der Waals surface area contributed by atoms with Crippen LogP contribution in [0.15, 0.2) is 55.5 Å². The number of ether oxygens (including phenoxy) is 1. The molecule has 6 nitrogen and oxygen atoms in total. The summed E-state index contributed by atoms with van der Waals surface area (Å²) in [5.74, 6) is 1.49. The number of carbonyl (C=O) groups excluding carboxylic acids is 1. The number of amides is 1. The lowest BCUT2D eigenvalue weighted by molar-refractivity contribution is 0.0606. The molecule has 170 valence electrons. The minimum atomic E-state index is -0.111. The van der Waals surface area contributed by atoms with Crippen molar-refractivity contribution in [2.24, 2.45) is 0 Å². The molecule has 0 saturated carbocycles. The lowest BCUT2D eigenvalue weighted by atomic mass is 9.92. The Hall–Kier alpha value is -3.54. The van der Waals surface area contributed by atoms with Gasteiger partial charge in [-0.25, -0.2) is 9.97 Å². The number of pyridine rings is 1. The van der Waals surface area contributed by atoms with Gasteiger partial charge in [0.15, 0.2) is 0 Å². The number of likely N-dealkylation sites (tertiary alicyclic amines) is 1. The summed E-state index contributed by atoms with van der Waals surface area (Å²) in [6.45, 7) is 8.46. The minimum Gasteiger partial charge on any atom is -0.496 e. The van der Waals surface area contributed by atoms with Gasteiger partial charge in [-0.1, -0.05) is 6.08 Å². The van der Waals surface area contributed by atoms with E-state index in [0.717, 1.165) is 53.0 Å². The first-order valence-electron chi connectivity index (χ1n) is 11.4. The van der Waals surface area contributed by atoms with Crippen molar-refractivity contribution < 1.29 is 9.53 Å². The van der Waals surface area contributed by atoms with E-state index >= 15 is 0 Å². The van der Waals surface area contributed by atoms with Crippen molar-refractivity contribution in [3.05, 3.63) is 83.7 Å². The van der Waals surface area contributed by atoms with E-state index < -0.39 is 0 Å². The van der Waals surface area contributed by atoms with Gasteiger partial charge in [-0.2, -0.15) is 0 Å². The van der Waals surface area contributed by atoms with Gasteiger partial charge < -0.3 is 9.64 Å². The summed E-state index contributed by atoms with van der Waals surface area (Å²) in [6, 6.07) is 7.52. The van der Waals surface area contributed by atoms with Crippen molar-refractivity contribution in [3.63, 3.8) is 0 Å². The third-order valence-corrected chi connectivity index (χ3v) is 6.22. The van der Waals surface area contributed by atoms with Crippen LogP contribution in [0, 0.1) is 13.8 Å². The van der Waals surface area contributed by atoms with Crippen molar-refractivity contribution in [3.8, 4) is 16.9 Å². The Morgan fingerprint density at radius 1 is 1.21 bits per heavy atom. The predicted octanol–water partition coefficient (Wildman–Crippen LogP) is 5.26. The number of aromatic nitrogens is 3. The normalized spacial score (nSPS) is 15.8. The van der Waals surface area contributed by atoms with Crippen LogP contribution in [0.5, 0.6) is 5.75 Å². The van der Waals surface area contributed by atoms with Crippen molar-refractivity contribution in [1.29, 1.82) is 0 Å². The molecular formula is C27H30N4O2. The van der Waals surface area contributed by atoms with Crippen molar-refractivity contribution in [1.82, 2.24) is 19.9 Å². The standard InChI is InChI=1S/C27H30N4O2/c1-5-8-20-15-21(10-11-25(20)33-4)27(32)31-14-7-6-9-24(31)26-23(17-29-19(3)30-26)22-12-13-28-16-18(22)2/h5,10-13,15-17,24H,1,6-9,14H2,2-4H3/t24-/m1/s1. The minimum absolute atomic E-state index is 0.0151. The fraction of sp³-hybridized carbons (Fsp3) is 0.333. The first kappa shape index (κ1) is 22.6. The summed E-state index contributed by atoms with van der Waals surface area (Å²) in [7, 11) is 1.64. The molecular weight excluding hydrogens is 412 g/mol. The van der Waals surface area contributed by atoms with Gasteiger partial charge in [0.05, 0.1) is 18.8 Å². The molecule has 0 unspecified atom stereocenters.